The molecular weight excluding hydrogens is 262 g/mol. The number of hydrogen-bond acceptors (Lipinski definition) is 2. The molecule has 0 atom stereocenters. The van der Waals surface area contributed by atoms with Crippen molar-refractivity contribution in [3.8, 4) is 0 Å². The lowest BCUT2D eigenvalue weighted by Gasteiger charge is -2.06. The zero-order valence-corrected chi connectivity index (χ0v) is 9.78. The second-order valence-electron chi connectivity index (χ2n) is 4.03. The van der Waals surface area contributed by atoms with Crippen LogP contribution in [0.25, 0.3) is 0 Å². The van der Waals surface area contributed by atoms with Crippen LogP contribution in [0.5, 0.6) is 0 Å². The molecule has 0 amide bonds. The maximum Gasteiger partial charge on any atom is 0.435 e. The van der Waals surface area contributed by atoms with Gasteiger partial charge in [-0.05, 0) is 17.7 Å². The molecule has 0 unspecified atom stereocenters. The molecule has 0 spiro atoms. The molecule has 0 saturated carbocycles. The minimum atomic E-state index is -4.49. The Balaban J connectivity index is 2.20. The van der Waals surface area contributed by atoms with Gasteiger partial charge in [0.2, 0.25) is 0 Å². The van der Waals surface area contributed by atoms with Gasteiger partial charge in [-0.2, -0.15) is 18.3 Å². The highest BCUT2D eigenvalue weighted by Gasteiger charge is 2.33. The number of nitrogens with zero attached hydrogens (tertiary/aromatic N) is 2. The first-order chi connectivity index (χ1) is 8.90. The molecule has 1 aromatic heterocycles. The lowest BCUT2D eigenvalue weighted by Crippen LogP contribution is -2.09. The average molecular weight is 273 g/mol. The van der Waals surface area contributed by atoms with Crippen LogP contribution in [0.2, 0.25) is 0 Å². The van der Waals surface area contributed by atoms with Gasteiger partial charge in [-0.15, -0.1) is 0 Å². The fourth-order valence-electron chi connectivity index (χ4n) is 1.62. The molecule has 0 radical (unpaired) electrons. The number of halogens is 4. The van der Waals surface area contributed by atoms with Crippen molar-refractivity contribution < 1.29 is 17.6 Å². The summed E-state index contributed by atoms with van der Waals surface area (Å²) < 4.78 is 51.8. The molecule has 102 valence electrons. The van der Waals surface area contributed by atoms with Crippen molar-refractivity contribution in [2.45, 2.75) is 19.3 Å². The molecule has 0 bridgehead atoms. The third-order valence-electron chi connectivity index (χ3n) is 2.62. The number of benzene rings is 1. The molecule has 3 nitrogen and oxygen atoms in total. The van der Waals surface area contributed by atoms with E-state index >= 15 is 0 Å². The second kappa shape index (κ2) is 5.00. The van der Waals surface area contributed by atoms with Crippen molar-refractivity contribution in [3.05, 3.63) is 53.1 Å². The van der Waals surface area contributed by atoms with Gasteiger partial charge >= 0.3 is 6.18 Å². The Labute approximate surface area is 106 Å². The van der Waals surface area contributed by atoms with Gasteiger partial charge in [-0.25, -0.2) is 4.39 Å². The van der Waals surface area contributed by atoms with Crippen molar-refractivity contribution in [1.29, 1.82) is 0 Å². The van der Waals surface area contributed by atoms with Gasteiger partial charge in [-0.3, -0.25) is 4.68 Å². The lowest BCUT2D eigenvalue weighted by molar-refractivity contribution is -0.141. The predicted molar refractivity (Wildman–Crippen MR) is 60.6 cm³/mol. The minimum Gasteiger partial charge on any atom is -0.326 e. The molecule has 2 N–H and O–H groups in total. The molecule has 0 saturated heterocycles. The van der Waals surface area contributed by atoms with Gasteiger partial charge in [0.15, 0.2) is 5.69 Å². The van der Waals surface area contributed by atoms with Gasteiger partial charge in [0, 0.05) is 18.3 Å². The summed E-state index contributed by atoms with van der Waals surface area (Å²) in [5.74, 6) is -0.507. The molecule has 0 fully saturated rings. The van der Waals surface area contributed by atoms with E-state index in [1.807, 2.05) is 0 Å². The van der Waals surface area contributed by atoms with Crippen LogP contribution >= 0.6 is 0 Å². The van der Waals surface area contributed by atoms with Crippen molar-refractivity contribution in [2.24, 2.45) is 5.73 Å². The van der Waals surface area contributed by atoms with E-state index in [1.54, 1.807) is 6.07 Å². The van der Waals surface area contributed by atoms with Gasteiger partial charge in [0.25, 0.3) is 0 Å². The van der Waals surface area contributed by atoms with Gasteiger partial charge in [0.1, 0.15) is 5.82 Å². The van der Waals surface area contributed by atoms with Crippen molar-refractivity contribution in [1.82, 2.24) is 9.78 Å². The van der Waals surface area contributed by atoms with Crippen molar-refractivity contribution >= 4 is 0 Å². The number of aromatic nitrogens is 2. The van der Waals surface area contributed by atoms with E-state index in [4.69, 9.17) is 5.73 Å². The summed E-state index contributed by atoms with van der Waals surface area (Å²) in [4.78, 5) is 0. The summed E-state index contributed by atoms with van der Waals surface area (Å²) in [6, 6.07) is 5.24. The van der Waals surface area contributed by atoms with Crippen LogP contribution in [0, 0.1) is 5.82 Å². The average Bonchev–Trinajstić information content (AvgIpc) is 2.80. The summed E-state index contributed by atoms with van der Waals surface area (Å²) in [6.45, 7) is 0.143. The van der Waals surface area contributed by atoms with E-state index in [2.05, 4.69) is 5.10 Å². The van der Waals surface area contributed by atoms with Crippen LogP contribution < -0.4 is 5.73 Å². The van der Waals surface area contributed by atoms with Crippen molar-refractivity contribution in [2.75, 3.05) is 0 Å². The topological polar surface area (TPSA) is 43.8 Å². The number of hydrogen-bond donors (Lipinski definition) is 1. The monoisotopic (exact) mass is 273 g/mol. The van der Waals surface area contributed by atoms with E-state index in [1.165, 1.54) is 18.3 Å². The maximum absolute atomic E-state index is 13.6. The second-order valence-corrected chi connectivity index (χ2v) is 4.03. The number of alkyl halides is 3. The van der Waals surface area contributed by atoms with Crippen molar-refractivity contribution in [3.63, 3.8) is 0 Å². The fraction of sp³-hybridized carbons (Fsp3) is 0.250. The zero-order valence-electron chi connectivity index (χ0n) is 9.78. The highest BCUT2D eigenvalue weighted by atomic mass is 19.4. The third kappa shape index (κ3) is 3.11. The quantitative estimate of drug-likeness (QED) is 0.873. The summed E-state index contributed by atoms with van der Waals surface area (Å²) in [6.07, 6.45) is -3.33. The van der Waals surface area contributed by atoms with Crippen LogP contribution in [0.15, 0.2) is 30.5 Å². The predicted octanol–water partition coefficient (Wildman–Crippen LogP) is 2.55. The third-order valence-corrected chi connectivity index (χ3v) is 2.62. The van der Waals surface area contributed by atoms with Crippen LogP contribution in [-0.4, -0.2) is 9.78 Å². The Morgan fingerprint density at radius 2 is 1.95 bits per heavy atom. The minimum absolute atomic E-state index is 0.0627. The fourth-order valence-corrected chi connectivity index (χ4v) is 1.62. The Morgan fingerprint density at radius 3 is 2.47 bits per heavy atom. The highest BCUT2D eigenvalue weighted by Crippen LogP contribution is 2.27. The summed E-state index contributed by atoms with van der Waals surface area (Å²) >= 11 is 0. The molecule has 1 heterocycles. The van der Waals surface area contributed by atoms with Crippen LogP contribution in [0.3, 0.4) is 0 Å². The number of nitrogens with two attached hydrogens (primary N) is 1. The van der Waals surface area contributed by atoms with Gasteiger partial charge in [0.05, 0.1) is 6.54 Å². The normalized spacial score (nSPS) is 11.8. The first-order valence-corrected chi connectivity index (χ1v) is 5.48. The van der Waals surface area contributed by atoms with E-state index < -0.39 is 17.7 Å². The molecular formula is C12H11F4N3. The van der Waals surface area contributed by atoms with E-state index in [-0.39, 0.29) is 18.7 Å². The Hall–Kier alpha value is -1.89. The standard InChI is InChI=1S/C12H11F4N3/c13-10-5-8(6-17)1-2-9(10)7-19-4-3-11(18-19)12(14,15)16/h1-5H,6-7,17H2. The van der Waals surface area contributed by atoms with Gasteiger partial charge < -0.3 is 5.73 Å². The molecule has 0 aliphatic heterocycles. The van der Waals surface area contributed by atoms with Gasteiger partial charge in [-0.1, -0.05) is 12.1 Å². The smallest absolute Gasteiger partial charge is 0.326 e. The largest absolute Gasteiger partial charge is 0.435 e. The Bertz CT molecular complexity index is 575. The number of rotatable bonds is 3. The van der Waals surface area contributed by atoms with Crippen LogP contribution in [0.4, 0.5) is 17.6 Å². The zero-order chi connectivity index (χ0) is 14.0. The van der Waals surface area contributed by atoms with E-state index in [9.17, 15) is 17.6 Å². The maximum atomic E-state index is 13.6. The van der Waals surface area contributed by atoms with Crippen LogP contribution in [0.1, 0.15) is 16.8 Å². The molecule has 0 aliphatic carbocycles. The summed E-state index contributed by atoms with van der Waals surface area (Å²) in [5.41, 5.74) is 5.25. The highest BCUT2D eigenvalue weighted by molar-refractivity contribution is 5.24. The molecule has 2 rings (SSSR count). The summed E-state index contributed by atoms with van der Waals surface area (Å²) in [7, 11) is 0. The van der Waals surface area contributed by atoms with Crippen LogP contribution in [-0.2, 0) is 19.3 Å². The molecule has 1 aromatic carbocycles. The molecule has 0 aliphatic rings. The first kappa shape index (κ1) is 13.5. The van der Waals surface area contributed by atoms with E-state index in [0.29, 0.717) is 5.56 Å². The Kier molecular flexibility index (Phi) is 3.57. The first-order valence-electron chi connectivity index (χ1n) is 5.48. The Morgan fingerprint density at radius 1 is 1.21 bits per heavy atom. The molecule has 7 heteroatoms. The van der Waals surface area contributed by atoms with E-state index in [0.717, 1.165) is 10.7 Å². The summed E-state index contributed by atoms with van der Waals surface area (Å²) in [5, 5.41) is 3.36. The molecule has 2 aromatic rings. The SMILES string of the molecule is NCc1ccc(Cn2ccc(C(F)(F)F)n2)c(F)c1. The lowest BCUT2D eigenvalue weighted by atomic mass is 10.1. The molecule has 19 heavy (non-hydrogen) atoms.